The maximum absolute atomic E-state index is 14.1. The Balaban J connectivity index is 1.58. The van der Waals surface area contributed by atoms with Gasteiger partial charge in [0, 0.05) is 44.0 Å². The second-order valence-electron chi connectivity index (χ2n) is 6.38. The number of H-pyrrole nitrogens is 1. The molecule has 0 saturated heterocycles. The van der Waals surface area contributed by atoms with E-state index < -0.39 is 0 Å². The zero-order valence-electron chi connectivity index (χ0n) is 14.8. The molecular formula is C19H18FN5O2. The Hall–Kier alpha value is -3.13. The van der Waals surface area contributed by atoms with Crippen LogP contribution in [0, 0.1) is 5.82 Å². The van der Waals surface area contributed by atoms with Crippen LogP contribution in [0.1, 0.15) is 16.8 Å². The fourth-order valence-corrected chi connectivity index (χ4v) is 3.21. The van der Waals surface area contributed by atoms with Gasteiger partial charge in [-0.3, -0.25) is 9.69 Å². The number of hydrogen-bond acceptors (Lipinski definition) is 6. The first-order valence-corrected chi connectivity index (χ1v) is 8.56. The number of aromatic nitrogens is 4. The first kappa shape index (κ1) is 17.3. The normalized spacial score (nSPS) is 14.0. The van der Waals surface area contributed by atoms with Crippen molar-refractivity contribution >= 4 is 0 Å². The van der Waals surface area contributed by atoms with Crippen LogP contribution in [0.25, 0.3) is 11.4 Å². The summed E-state index contributed by atoms with van der Waals surface area (Å²) in [5.74, 6) is 0.790. The van der Waals surface area contributed by atoms with Gasteiger partial charge >= 0.3 is 0 Å². The first-order chi connectivity index (χ1) is 13.1. The Morgan fingerprint density at radius 1 is 1.30 bits per heavy atom. The Bertz CT molecular complexity index is 1020. The van der Waals surface area contributed by atoms with E-state index in [9.17, 15) is 9.18 Å². The third kappa shape index (κ3) is 3.56. The minimum absolute atomic E-state index is 0.185. The topological polar surface area (TPSA) is 84.0 Å². The molecule has 8 heteroatoms. The fraction of sp³-hybridized carbons (Fsp3) is 0.263. The summed E-state index contributed by atoms with van der Waals surface area (Å²) in [5, 5.41) is 0. The second-order valence-corrected chi connectivity index (χ2v) is 6.38. The second kappa shape index (κ2) is 7.24. The number of nitrogens with one attached hydrogen (secondary N) is 1. The number of aromatic amines is 1. The average Bonchev–Trinajstić information content (AvgIpc) is 2.70. The van der Waals surface area contributed by atoms with Gasteiger partial charge in [-0.05, 0) is 18.2 Å². The number of rotatable bonds is 4. The third-order valence-corrected chi connectivity index (χ3v) is 4.63. The minimum Gasteiger partial charge on any atom is -0.497 e. The van der Waals surface area contributed by atoms with Crippen LogP contribution in [-0.4, -0.2) is 38.5 Å². The summed E-state index contributed by atoms with van der Waals surface area (Å²) < 4.78 is 19.3. The van der Waals surface area contributed by atoms with E-state index >= 15 is 0 Å². The van der Waals surface area contributed by atoms with E-state index in [4.69, 9.17) is 4.74 Å². The van der Waals surface area contributed by atoms with Crippen molar-refractivity contribution in [2.24, 2.45) is 0 Å². The van der Waals surface area contributed by atoms with Crippen molar-refractivity contribution < 1.29 is 9.13 Å². The standard InChI is InChI=1S/C19H18FN5O2/c1-27-14-2-3-16(20)12(6-14)9-25-5-4-17-15(10-25)19(26)24-18(23-17)13-7-21-11-22-8-13/h2-3,6-8,11H,4-5,9-10H2,1H3,(H,23,24,26). The molecule has 3 aromatic rings. The summed E-state index contributed by atoms with van der Waals surface area (Å²) >= 11 is 0. The van der Waals surface area contributed by atoms with Crippen molar-refractivity contribution in [1.82, 2.24) is 24.8 Å². The van der Waals surface area contributed by atoms with Gasteiger partial charge < -0.3 is 9.72 Å². The molecule has 0 amide bonds. The van der Waals surface area contributed by atoms with E-state index in [0.717, 1.165) is 5.69 Å². The molecule has 1 aliphatic rings. The zero-order valence-corrected chi connectivity index (χ0v) is 14.8. The van der Waals surface area contributed by atoms with Crippen LogP contribution in [0.3, 0.4) is 0 Å². The lowest BCUT2D eigenvalue weighted by atomic mass is 10.1. The van der Waals surface area contributed by atoms with Crippen molar-refractivity contribution in [2.75, 3.05) is 13.7 Å². The highest BCUT2D eigenvalue weighted by atomic mass is 19.1. The van der Waals surface area contributed by atoms with Crippen LogP contribution >= 0.6 is 0 Å². The predicted octanol–water partition coefficient (Wildman–Crippen LogP) is 1.93. The van der Waals surface area contributed by atoms with Crippen molar-refractivity contribution in [1.29, 1.82) is 0 Å². The lowest BCUT2D eigenvalue weighted by Crippen LogP contribution is -2.35. The first-order valence-electron chi connectivity index (χ1n) is 8.56. The SMILES string of the molecule is COc1ccc(F)c(CN2CCc3nc(-c4cncnc4)[nH]c(=O)c3C2)c1. The van der Waals surface area contributed by atoms with Gasteiger partial charge in [0.2, 0.25) is 0 Å². The number of nitrogens with zero attached hydrogens (tertiary/aromatic N) is 4. The minimum atomic E-state index is -0.284. The molecule has 138 valence electrons. The number of methoxy groups -OCH3 is 1. The third-order valence-electron chi connectivity index (χ3n) is 4.63. The van der Waals surface area contributed by atoms with Gasteiger partial charge in [0.15, 0.2) is 0 Å². The number of hydrogen-bond donors (Lipinski definition) is 1. The maximum atomic E-state index is 14.1. The van der Waals surface area contributed by atoms with Crippen molar-refractivity contribution in [2.45, 2.75) is 19.5 Å². The highest BCUT2D eigenvalue weighted by molar-refractivity contribution is 5.52. The van der Waals surface area contributed by atoms with Crippen LogP contribution in [0.4, 0.5) is 4.39 Å². The molecule has 2 aromatic heterocycles. The molecule has 0 saturated carbocycles. The Labute approximate surface area is 154 Å². The van der Waals surface area contributed by atoms with Crippen molar-refractivity contribution in [3.05, 3.63) is 69.9 Å². The molecule has 27 heavy (non-hydrogen) atoms. The highest BCUT2D eigenvalue weighted by Gasteiger charge is 2.22. The predicted molar refractivity (Wildman–Crippen MR) is 96.7 cm³/mol. The molecule has 0 atom stereocenters. The molecule has 3 heterocycles. The van der Waals surface area contributed by atoms with Gasteiger partial charge in [-0.15, -0.1) is 0 Å². The van der Waals surface area contributed by atoms with Crippen LogP contribution in [0.2, 0.25) is 0 Å². The molecular weight excluding hydrogens is 349 g/mol. The highest BCUT2D eigenvalue weighted by Crippen LogP contribution is 2.22. The molecule has 0 spiro atoms. The van der Waals surface area contributed by atoms with Gasteiger partial charge in [0.1, 0.15) is 23.7 Å². The maximum Gasteiger partial charge on any atom is 0.255 e. The number of ether oxygens (including phenoxy) is 1. The monoisotopic (exact) mass is 367 g/mol. The molecule has 4 rings (SSSR count). The molecule has 0 fully saturated rings. The summed E-state index contributed by atoms with van der Waals surface area (Å²) in [6.07, 6.45) is 5.26. The molecule has 0 unspecified atom stereocenters. The fourth-order valence-electron chi connectivity index (χ4n) is 3.21. The van der Waals surface area contributed by atoms with E-state index in [1.54, 1.807) is 31.6 Å². The van der Waals surface area contributed by atoms with E-state index in [2.05, 4.69) is 19.9 Å². The van der Waals surface area contributed by atoms with Crippen LogP contribution < -0.4 is 10.3 Å². The smallest absolute Gasteiger partial charge is 0.255 e. The molecule has 0 radical (unpaired) electrons. The summed E-state index contributed by atoms with van der Waals surface area (Å²) in [6.45, 7) is 1.50. The van der Waals surface area contributed by atoms with Gasteiger partial charge in [0.05, 0.1) is 23.9 Å². The molecule has 1 N–H and O–H groups in total. The average molecular weight is 367 g/mol. The van der Waals surface area contributed by atoms with Gasteiger partial charge in [0.25, 0.3) is 5.56 Å². The summed E-state index contributed by atoms with van der Waals surface area (Å²) in [5.41, 5.74) is 2.40. The quantitative estimate of drug-likeness (QED) is 0.759. The Kier molecular flexibility index (Phi) is 4.64. The molecule has 7 nitrogen and oxygen atoms in total. The molecule has 1 aromatic carbocycles. The summed E-state index contributed by atoms with van der Waals surface area (Å²) in [7, 11) is 1.55. The molecule has 1 aliphatic heterocycles. The lowest BCUT2D eigenvalue weighted by molar-refractivity contribution is 0.238. The van der Waals surface area contributed by atoms with Crippen molar-refractivity contribution in [3.63, 3.8) is 0 Å². The number of halogens is 1. The van der Waals surface area contributed by atoms with Crippen LogP contribution in [0.15, 0.2) is 41.7 Å². The van der Waals surface area contributed by atoms with Crippen LogP contribution in [-0.2, 0) is 19.5 Å². The lowest BCUT2D eigenvalue weighted by Gasteiger charge is -2.28. The van der Waals surface area contributed by atoms with Crippen molar-refractivity contribution in [3.8, 4) is 17.1 Å². The number of benzene rings is 1. The zero-order chi connectivity index (χ0) is 18.8. The number of fused-ring (bicyclic) bond motifs is 1. The van der Waals surface area contributed by atoms with E-state index in [1.165, 1.54) is 12.4 Å². The van der Waals surface area contributed by atoms with E-state index in [0.29, 0.717) is 54.3 Å². The summed E-state index contributed by atoms with van der Waals surface area (Å²) in [6, 6.07) is 4.67. The molecule has 0 bridgehead atoms. The van der Waals surface area contributed by atoms with Gasteiger partial charge in [-0.2, -0.15) is 0 Å². The Morgan fingerprint density at radius 3 is 2.89 bits per heavy atom. The van der Waals surface area contributed by atoms with E-state index in [-0.39, 0.29) is 11.4 Å². The summed E-state index contributed by atoms with van der Waals surface area (Å²) in [4.78, 5) is 29.9. The van der Waals surface area contributed by atoms with Gasteiger partial charge in [-0.25, -0.2) is 19.3 Å². The molecule has 0 aliphatic carbocycles. The largest absolute Gasteiger partial charge is 0.497 e. The Morgan fingerprint density at radius 2 is 2.11 bits per heavy atom. The van der Waals surface area contributed by atoms with E-state index in [1.807, 2.05) is 4.90 Å². The van der Waals surface area contributed by atoms with Gasteiger partial charge in [-0.1, -0.05) is 0 Å². The van der Waals surface area contributed by atoms with Crippen LogP contribution in [0.5, 0.6) is 5.75 Å².